The minimum atomic E-state index is -4.88. The number of carbonyl (C=O) groups is 2. The van der Waals surface area contributed by atoms with E-state index in [0.29, 0.717) is 5.02 Å². The zero-order valence-electron chi connectivity index (χ0n) is 19.3. The Morgan fingerprint density at radius 1 is 1.11 bits per heavy atom. The van der Waals surface area contributed by atoms with Gasteiger partial charge in [-0.2, -0.15) is 9.47 Å². The smallest absolute Gasteiger partial charge is 0.425 e. The van der Waals surface area contributed by atoms with Gasteiger partial charge in [0.05, 0.1) is 13.6 Å². The molecule has 1 atom stereocenters. The number of ether oxygens (including phenoxy) is 2. The normalized spacial score (nSPS) is 17.8. The maximum Gasteiger partial charge on any atom is 0.573 e. The van der Waals surface area contributed by atoms with Crippen molar-refractivity contribution in [3.8, 4) is 17.5 Å². The fraction of sp³-hybridized carbons (Fsp3) is 0.261. The van der Waals surface area contributed by atoms with Crippen molar-refractivity contribution < 1.29 is 36.7 Å². The van der Waals surface area contributed by atoms with Crippen molar-refractivity contribution >= 4 is 29.4 Å². The molecular formula is C23H22ClF3N5O4+. The maximum atomic E-state index is 13.6. The molecule has 2 aromatic carbocycles. The molecule has 1 aliphatic heterocycles. The van der Waals surface area contributed by atoms with Crippen LogP contribution in [0.2, 0.25) is 5.02 Å². The highest BCUT2D eigenvalue weighted by Crippen LogP contribution is 2.37. The largest absolute Gasteiger partial charge is 0.573 e. The second-order valence-electron chi connectivity index (χ2n) is 8.25. The molecule has 0 spiro atoms. The van der Waals surface area contributed by atoms with Gasteiger partial charge in [-0.05, 0) is 29.8 Å². The number of imidazole rings is 1. The number of aromatic nitrogens is 2. The Balaban J connectivity index is 1.81. The van der Waals surface area contributed by atoms with Crippen LogP contribution in [0.15, 0.2) is 48.5 Å². The Hall–Kier alpha value is -3.61. The van der Waals surface area contributed by atoms with E-state index in [0.717, 1.165) is 17.7 Å². The number of anilines is 1. The molecule has 2 N–H and O–H groups in total. The van der Waals surface area contributed by atoms with Crippen molar-refractivity contribution in [1.29, 1.82) is 0 Å². The number of carbonyl (C=O) groups excluding carboxylic acids is 2. The Kier molecular flexibility index (Phi) is 6.69. The number of hydrogen-bond donors (Lipinski definition) is 1. The molecule has 1 unspecified atom stereocenters. The number of alkyl halides is 3. The third kappa shape index (κ3) is 4.87. The highest BCUT2D eigenvalue weighted by atomic mass is 35.5. The van der Waals surface area contributed by atoms with Gasteiger partial charge in [0.25, 0.3) is 0 Å². The minimum Gasteiger partial charge on any atom is -0.425 e. The van der Waals surface area contributed by atoms with Crippen LogP contribution in [-0.4, -0.2) is 59.5 Å². The quantitative estimate of drug-likeness (QED) is 0.460. The molecule has 0 bridgehead atoms. The van der Waals surface area contributed by atoms with E-state index in [1.165, 1.54) is 35.7 Å². The number of halogens is 4. The molecule has 9 nitrogen and oxygen atoms in total. The summed E-state index contributed by atoms with van der Waals surface area (Å²) in [5.74, 6) is -0.985. The van der Waals surface area contributed by atoms with Crippen molar-refractivity contribution in [2.24, 2.45) is 5.73 Å². The molecule has 1 aliphatic rings. The lowest BCUT2D eigenvalue weighted by atomic mass is 10.2. The van der Waals surface area contributed by atoms with E-state index in [-0.39, 0.29) is 42.9 Å². The molecule has 0 aliphatic carbocycles. The first-order valence-corrected chi connectivity index (χ1v) is 11.1. The molecule has 2 heterocycles. The lowest BCUT2D eigenvalue weighted by Gasteiger charge is -2.35. The van der Waals surface area contributed by atoms with Crippen LogP contribution < -0.4 is 20.1 Å². The van der Waals surface area contributed by atoms with Gasteiger partial charge >= 0.3 is 24.3 Å². The number of amides is 3. The maximum absolute atomic E-state index is 13.6. The van der Waals surface area contributed by atoms with E-state index in [1.54, 1.807) is 24.3 Å². The summed E-state index contributed by atoms with van der Waals surface area (Å²) in [5, 5.41) is 0.512. The van der Waals surface area contributed by atoms with E-state index in [1.807, 2.05) is 0 Å². The average molecular weight is 525 g/mol. The monoisotopic (exact) mass is 524 g/mol. The lowest BCUT2D eigenvalue weighted by Crippen LogP contribution is -2.63. The van der Waals surface area contributed by atoms with Gasteiger partial charge in [-0.3, -0.25) is 4.57 Å². The first kappa shape index (κ1) is 25.5. The standard InChI is InChI=1S/C23H22ClF3N5O4/c1-30-19-18(20(33)32(2,11-10-28)22(30)34)31(13-14-6-8-15(24)9-7-14)21(29-19)35-16-4-3-5-17(12-16)36-23(25,26)27/h3-9,12H,10-11,13,28H2,1-2H3/q+1. The minimum absolute atomic E-state index is 0.0166. The van der Waals surface area contributed by atoms with Crippen LogP contribution in [0.25, 0.3) is 0 Å². The van der Waals surface area contributed by atoms with Gasteiger partial charge in [0, 0.05) is 24.7 Å². The van der Waals surface area contributed by atoms with Gasteiger partial charge in [0.15, 0.2) is 11.5 Å². The molecule has 0 radical (unpaired) electrons. The summed E-state index contributed by atoms with van der Waals surface area (Å²) in [6, 6.07) is 11.1. The predicted octanol–water partition coefficient (Wildman–Crippen LogP) is 4.39. The van der Waals surface area contributed by atoms with E-state index >= 15 is 0 Å². The predicted molar refractivity (Wildman–Crippen MR) is 124 cm³/mol. The summed E-state index contributed by atoms with van der Waals surface area (Å²) < 4.78 is 48.7. The number of quaternary nitrogens is 1. The zero-order chi connectivity index (χ0) is 26.3. The number of urea groups is 1. The van der Waals surface area contributed by atoms with Crippen LogP contribution in [0.3, 0.4) is 0 Å². The molecule has 1 aromatic heterocycles. The Morgan fingerprint density at radius 3 is 2.42 bits per heavy atom. The number of nitrogens with two attached hydrogens (primary N) is 1. The highest BCUT2D eigenvalue weighted by Gasteiger charge is 2.52. The number of fused-ring (bicyclic) bond motifs is 1. The van der Waals surface area contributed by atoms with E-state index < -0.39 is 28.5 Å². The first-order valence-electron chi connectivity index (χ1n) is 10.7. The van der Waals surface area contributed by atoms with Gasteiger partial charge < -0.3 is 15.2 Å². The molecule has 190 valence electrons. The topological polar surface area (TPSA) is 99.7 Å². The second-order valence-corrected chi connectivity index (χ2v) is 8.69. The average Bonchev–Trinajstić information content (AvgIpc) is 3.15. The van der Waals surface area contributed by atoms with Gasteiger partial charge in [0.1, 0.15) is 18.0 Å². The molecule has 0 saturated carbocycles. The summed E-state index contributed by atoms with van der Waals surface area (Å²) in [4.78, 5) is 32.3. The molecule has 13 heteroatoms. The van der Waals surface area contributed by atoms with Gasteiger partial charge in [0.2, 0.25) is 0 Å². The number of hydrogen-bond acceptors (Lipinski definition) is 6. The Morgan fingerprint density at radius 2 is 1.78 bits per heavy atom. The molecule has 0 saturated heterocycles. The van der Waals surface area contributed by atoms with Crippen molar-refractivity contribution in [3.63, 3.8) is 0 Å². The van der Waals surface area contributed by atoms with Crippen LogP contribution in [0.5, 0.6) is 17.5 Å². The fourth-order valence-corrected chi connectivity index (χ4v) is 4.03. The number of benzene rings is 2. The van der Waals surface area contributed by atoms with Gasteiger partial charge in [-0.25, -0.2) is 14.5 Å². The van der Waals surface area contributed by atoms with Gasteiger partial charge in [-0.1, -0.05) is 29.8 Å². The summed E-state index contributed by atoms with van der Waals surface area (Å²) >= 11 is 5.99. The van der Waals surface area contributed by atoms with Crippen LogP contribution in [-0.2, 0) is 6.54 Å². The van der Waals surface area contributed by atoms with Crippen molar-refractivity contribution in [3.05, 3.63) is 64.8 Å². The molecule has 0 fully saturated rings. The summed E-state index contributed by atoms with van der Waals surface area (Å²) in [7, 11) is 2.94. The van der Waals surface area contributed by atoms with Crippen molar-refractivity contribution in [2.45, 2.75) is 12.9 Å². The van der Waals surface area contributed by atoms with E-state index in [4.69, 9.17) is 22.1 Å². The highest BCUT2D eigenvalue weighted by molar-refractivity contribution is 6.30. The van der Waals surface area contributed by atoms with Crippen LogP contribution in [0, 0.1) is 0 Å². The van der Waals surface area contributed by atoms with Crippen molar-refractivity contribution in [2.75, 3.05) is 32.1 Å². The third-order valence-corrected chi connectivity index (χ3v) is 5.92. The number of likely N-dealkylation sites (N-methyl/N-ethyl adjacent to an activating group) is 1. The van der Waals surface area contributed by atoms with E-state index in [9.17, 15) is 22.8 Å². The Bertz CT molecular complexity index is 1310. The second kappa shape index (κ2) is 9.45. The van der Waals surface area contributed by atoms with Crippen molar-refractivity contribution in [1.82, 2.24) is 9.55 Å². The molecular weight excluding hydrogens is 503 g/mol. The summed E-state index contributed by atoms with van der Waals surface area (Å²) in [6.07, 6.45) is -4.88. The van der Waals surface area contributed by atoms with Crippen LogP contribution >= 0.6 is 11.6 Å². The first-order chi connectivity index (χ1) is 16.9. The number of nitrogens with zero attached hydrogens (tertiary/aromatic N) is 4. The van der Waals surface area contributed by atoms with E-state index in [2.05, 4.69) is 9.72 Å². The number of rotatable bonds is 7. The summed E-state index contributed by atoms with van der Waals surface area (Å²) in [6.45, 7) is 0.238. The summed E-state index contributed by atoms with van der Waals surface area (Å²) in [5.41, 5.74) is 6.52. The molecule has 3 aromatic rings. The fourth-order valence-electron chi connectivity index (χ4n) is 3.90. The SMILES string of the molecule is CN1C(=O)[N+](C)(CCN)C(=O)c2c1nc(Oc1cccc(OC(F)(F)F)c1)n2Cc1ccc(Cl)cc1. The zero-order valence-corrected chi connectivity index (χ0v) is 20.0. The lowest BCUT2D eigenvalue weighted by molar-refractivity contribution is -0.742. The van der Waals surface area contributed by atoms with Crippen LogP contribution in [0.1, 0.15) is 16.1 Å². The third-order valence-electron chi connectivity index (χ3n) is 5.67. The van der Waals surface area contributed by atoms with Gasteiger partial charge in [-0.15, -0.1) is 13.2 Å². The molecule has 36 heavy (non-hydrogen) atoms. The molecule has 4 rings (SSSR count). The molecule has 3 amide bonds. The van der Waals surface area contributed by atoms with Crippen LogP contribution in [0.4, 0.5) is 23.8 Å². The Labute approximate surface area is 209 Å². The number of imide groups is 1.